The first-order valence-corrected chi connectivity index (χ1v) is 7.44. The molecule has 0 aliphatic carbocycles. The summed E-state index contributed by atoms with van der Waals surface area (Å²) in [7, 11) is 3.15. The lowest BCUT2D eigenvalue weighted by atomic mass is 9.90. The van der Waals surface area contributed by atoms with Crippen LogP contribution in [0.25, 0.3) is 0 Å². The number of amides is 1. The Hall–Kier alpha value is -1.14. The number of ether oxygens (including phenoxy) is 1. The average molecular weight is 302 g/mol. The Kier molecular flexibility index (Phi) is 8.51. The molecule has 0 rings (SSSR count). The minimum Gasteiger partial charge on any atom is -0.481 e. The van der Waals surface area contributed by atoms with Gasteiger partial charge in [-0.25, -0.2) is 0 Å². The highest BCUT2D eigenvalue weighted by atomic mass is 16.5. The third-order valence-electron chi connectivity index (χ3n) is 4.08. The van der Waals surface area contributed by atoms with Gasteiger partial charge in [0, 0.05) is 14.2 Å². The summed E-state index contributed by atoms with van der Waals surface area (Å²) in [6, 6.07) is -0.905. The summed E-state index contributed by atoms with van der Waals surface area (Å²) in [4.78, 5) is 25.0. The zero-order chi connectivity index (χ0) is 16.7. The summed E-state index contributed by atoms with van der Waals surface area (Å²) in [6.45, 7) is 7.77. The fourth-order valence-corrected chi connectivity index (χ4v) is 2.42. The largest absolute Gasteiger partial charge is 0.481 e. The van der Waals surface area contributed by atoms with Crippen molar-refractivity contribution in [2.75, 3.05) is 14.2 Å². The van der Waals surface area contributed by atoms with Crippen molar-refractivity contribution >= 4 is 11.9 Å². The van der Waals surface area contributed by atoms with E-state index in [1.807, 2.05) is 27.7 Å². The monoisotopic (exact) mass is 302 g/mol. The van der Waals surface area contributed by atoms with E-state index in [4.69, 9.17) is 15.6 Å². The number of carboxylic acids is 1. The van der Waals surface area contributed by atoms with Crippen LogP contribution in [-0.4, -0.2) is 54.2 Å². The fourth-order valence-electron chi connectivity index (χ4n) is 2.42. The van der Waals surface area contributed by atoms with Crippen LogP contribution in [-0.2, 0) is 14.3 Å². The van der Waals surface area contributed by atoms with E-state index in [-0.39, 0.29) is 30.2 Å². The van der Waals surface area contributed by atoms with E-state index in [9.17, 15) is 9.59 Å². The molecule has 124 valence electrons. The van der Waals surface area contributed by atoms with Gasteiger partial charge in [0.05, 0.1) is 24.6 Å². The van der Waals surface area contributed by atoms with Gasteiger partial charge >= 0.3 is 5.97 Å². The van der Waals surface area contributed by atoms with Crippen LogP contribution in [0.5, 0.6) is 0 Å². The number of hydrogen-bond donors (Lipinski definition) is 2. The second kappa shape index (κ2) is 9.00. The van der Waals surface area contributed by atoms with Gasteiger partial charge in [-0.1, -0.05) is 34.1 Å². The third kappa shape index (κ3) is 5.63. The lowest BCUT2D eigenvalue weighted by molar-refractivity contribution is -0.146. The number of carbonyl (C=O) groups excluding carboxylic acids is 1. The first-order chi connectivity index (χ1) is 9.67. The van der Waals surface area contributed by atoms with Crippen molar-refractivity contribution in [2.45, 2.75) is 58.7 Å². The maximum atomic E-state index is 12.5. The van der Waals surface area contributed by atoms with Crippen LogP contribution in [0.3, 0.4) is 0 Å². The SMILES string of the molecule is CCC(C)[C@@H]([C@@H](CC(=O)O)OC)N(C)C(=O)[C@@H](N)C(C)C. The van der Waals surface area contributed by atoms with Gasteiger partial charge in [-0.05, 0) is 11.8 Å². The lowest BCUT2D eigenvalue weighted by Crippen LogP contribution is -2.55. The summed E-state index contributed by atoms with van der Waals surface area (Å²) in [6.07, 6.45) is 0.129. The minimum atomic E-state index is -0.941. The van der Waals surface area contributed by atoms with Gasteiger partial charge in [-0.3, -0.25) is 9.59 Å². The maximum Gasteiger partial charge on any atom is 0.306 e. The number of nitrogens with zero attached hydrogens (tertiary/aromatic N) is 1. The molecule has 0 aromatic heterocycles. The number of hydrogen-bond acceptors (Lipinski definition) is 4. The van der Waals surface area contributed by atoms with Gasteiger partial charge in [0.1, 0.15) is 0 Å². The van der Waals surface area contributed by atoms with E-state index >= 15 is 0 Å². The molecule has 0 aliphatic rings. The molecule has 0 saturated carbocycles. The number of aliphatic carboxylic acids is 1. The zero-order valence-electron chi connectivity index (χ0n) is 14.0. The van der Waals surface area contributed by atoms with E-state index in [0.29, 0.717) is 0 Å². The molecular formula is C15H30N2O4. The standard InChI is InChI=1S/C15H30N2O4/c1-7-10(4)14(11(21-6)8-12(18)19)17(5)15(20)13(16)9(2)3/h9-11,13-14H,7-8,16H2,1-6H3,(H,18,19)/t10?,11-,13+,14+/m1/s1. The summed E-state index contributed by atoms with van der Waals surface area (Å²) in [5, 5.41) is 9.03. The second-order valence-corrected chi connectivity index (χ2v) is 5.97. The summed E-state index contributed by atoms with van der Waals surface area (Å²) >= 11 is 0. The number of carbonyl (C=O) groups is 2. The molecule has 6 nitrogen and oxygen atoms in total. The third-order valence-corrected chi connectivity index (χ3v) is 4.08. The number of methoxy groups -OCH3 is 1. The predicted octanol–water partition coefficient (Wildman–Crippen LogP) is 1.33. The van der Waals surface area contributed by atoms with Crippen molar-refractivity contribution in [2.24, 2.45) is 17.6 Å². The molecular weight excluding hydrogens is 272 g/mol. The van der Waals surface area contributed by atoms with Gasteiger partial charge in [0.15, 0.2) is 0 Å². The van der Waals surface area contributed by atoms with Crippen LogP contribution in [0.4, 0.5) is 0 Å². The van der Waals surface area contributed by atoms with E-state index in [1.54, 1.807) is 11.9 Å². The first kappa shape index (κ1) is 19.9. The fraction of sp³-hybridized carbons (Fsp3) is 0.867. The van der Waals surface area contributed by atoms with E-state index < -0.39 is 18.1 Å². The zero-order valence-corrected chi connectivity index (χ0v) is 14.0. The van der Waals surface area contributed by atoms with Crippen molar-refractivity contribution < 1.29 is 19.4 Å². The molecule has 0 bridgehead atoms. The molecule has 0 aliphatic heterocycles. The Morgan fingerprint density at radius 2 is 1.81 bits per heavy atom. The number of carboxylic acid groups (broad SMARTS) is 1. The number of rotatable bonds is 9. The van der Waals surface area contributed by atoms with Gasteiger partial charge in [-0.15, -0.1) is 0 Å². The summed E-state index contributed by atoms with van der Waals surface area (Å²) in [5.41, 5.74) is 5.93. The Balaban J connectivity index is 5.30. The first-order valence-electron chi connectivity index (χ1n) is 7.44. The van der Waals surface area contributed by atoms with Crippen LogP contribution in [0.1, 0.15) is 40.5 Å². The highest BCUT2D eigenvalue weighted by molar-refractivity contribution is 5.82. The molecule has 0 aromatic rings. The van der Waals surface area contributed by atoms with Gasteiger partial charge < -0.3 is 20.5 Å². The molecule has 0 radical (unpaired) electrons. The molecule has 0 aromatic carbocycles. The van der Waals surface area contributed by atoms with E-state index in [0.717, 1.165) is 6.42 Å². The number of likely N-dealkylation sites (N-methyl/N-ethyl adjacent to an activating group) is 1. The van der Waals surface area contributed by atoms with Crippen LogP contribution in [0.2, 0.25) is 0 Å². The second-order valence-electron chi connectivity index (χ2n) is 5.97. The smallest absolute Gasteiger partial charge is 0.306 e. The quantitative estimate of drug-likeness (QED) is 0.670. The maximum absolute atomic E-state index is 12.5. The molecule has 0 fully saturated rings. The molecule has 21 heavy (non-hydrogen) atoms. The minimum absolute atomic E-state index is 0.0259. The Morgan fingerprint density at radius 3 is 2.14 bits per heavy atom. The van der Waals surface area contributed by atoms with Gasteiger partial charge in [-0.2, -0.15) is 0 Å². The Labute approximate surface area is 127 Å². The molecule has 4 atom stereocenters. The van der Waals surface area contributed by atoms with Crippen LogP contribution < -0.4 is 5.73 Å². The van der Waals surface area contributed by atoms with Crippen molar-refractivity contribution in [3.63, 3.8) is 0 Å². The average Bonchev–Trinajstić information content (AvgIpc) is 2.43. The molecule has 1 amide bonds. The molecule has 0 saturated heterocycles. The number of nitrogens with two attached hydrogens (primary N) is 1. The molecule has 3 N–H and O–H groups in total. The molecule has 0 spiro atoms. The van der Waals surface area contributed by atoms with E-state index in [1.165, 1.54) is 7.11 Å². The molecule has 1 unspecified atom stereocenters. The molecule has 0 heterocycles. The topological polar surface area (TPSA) is 92.9 Å². The van der Waals surface area contributed by atoms with Crippen LogP contribution in [0.15, 0.2) is 0 Å². The highest BCUT2D eigenvalue weighted by Crippen LogP contribution is 2.22. The van der Waals surface area contributed by atoms with Crippen molar-refractivity contribution in [3.8, 4) is 0 Å². The van der Waals surface area contributed by atoms with Gasteiger partial charge in [0.2, 0.25) is 5.91 Å². The van der Waals surface area contributed by atoms with Crippen molar-refractivity contribution in [1.82, 2.24) is 4.90 Å². The van der Waals surface area contributed by atoms with Crippen LogP contribution in [0, 0.1) is 11.8 Å². The predicted molar refractivity (Wildman–Crippen MR) is 81.9 cm³/mol. The van der Waals surface area contributed by atoms with Crippen molar-refractivity contribution in [1.29, 1.82) is 0 Å². The van der Waals surface area contributed by atoms with Gasteiger partial charge in [0.25, 0.3) is 0 Å². The Morgan fingerprint density at radius 1 is 1.29 bits per heavy atom. The molecule has 6 heteroatoms. The van der Waals surface area contributed by atoms with Crippen LogP contribution >= 0.6 is 0 Å². The normalized spacial score (nSPS) is 17.1. The summed E-state index contributed by atoms with van der Waals surface area (Å²) in [5.74, 6) is -0.979. The Bertz CT molecular complexity index is 347. The summed E-state index contributed by atoms with van der Waals surface area (Å²) < 4.78 is 5.34. The highest BCUT2D eigenvalue weighted by Gasteiger charge is 2.35. The van der Waals surface area contributed by atoms with E-state index in [2.05, 4.69) is 0 Å². The van der Waals surface area contributed by atoms with Crippen molar-refractivity contribution in [3.05, 3.63) is 0 Å². The lowest BCUT2D eigenvalue weighted by Gasteiger charge is -2.38.